The fraction of sp³-hybridized carbons (Fsp3) is 0.688. The molecule has 0 radical (unpaired) electrons. The van der Waals surface area contributed by atoms with Gasteiger partial charge in [-0.25, -0.2) is 0 Å². The molecule has 0 spiro atoms. The molecular weight excluding hydrogens is 220 g/mol. The summed E-state index contributed by atoms with van der Waals surface area (Å²) in [6, 6.07) is 5.23. The van der Waals surface area contributed by atoms with Gasteiger partial charge < -0.3 is 5.32 Å². The zero-order valence-corrected chi connectivity index (χ0v) is 11.5. The van der Waals surface area contributed by atoms with Gasteiger partial charge in [-0.2, -0.15) is 0 Å². The Hall–Kier alpha value is -0.890. The average molecular weight is 244 g/mol. The summed E-state index contributed by atoms with van der Waals surface area (Å²) < 4.78 is 0. The van der Waals surface area contributed by atoms with Crippen LogP contribution in [0, 0.1) is 11.8 Å². The van der Waals surface area contributed by atoms with E-state index >= 15 is 0 Å². The van der Waals surface area contributed by atoms with Gasteiger partial charge in [-0.3, -0.25) is 4.98 Å². The lowest BCUT2D eigenvalue weighted by Crippen LogP contribution is -2.50. The third kappa shape index (κ3) is 2.31. The lowest BCUT2D eigenvalue weighted by molar-refractivity contribution is 0.0973. The van der Waals surface area contributed by atoms with Crippen LogP contribution in [0.4, 0.5) is 0 Å². The number of hydrogen-bond acceptors (Lipinski definition) is 2. The summed E-state index contributed by atoms with van der Waals surface area (Å²) in [6.45, 7) is 5.87. The number of hydrogen-bond donors (Lipinski definition) is 1. The van der Waals surface area contributed by atoms with Crippen LogP contribution in [0.1, 0.15) is 45.1 Å². The van der Waals surface area contributed by atoms with E-state index in [1.54, 1.807) is 0 Å². The molecule has 18 heavy (non-hydrogen) atoms. The average Bonchev–Trinajstić information content (AvgIpc) is 3.12. The number of nitrogens with zero attached hydrogens (tertiary/aromatic N) is 1. The Morgan fingerprint density at radius 2 is 1.94 bits per heavy atom. The van der Waals surface area contributed by atoms with Crippen molar-refractivity contribution in [1.82, 2.24) is 10.3 Å². The summed E-state index contributed by atoms with van der Waals surface area (Å²) in [4.78, 5) is 4.16. The van der Waals surface area contributed by atoms with Crippen molar-refractivity contribution in [2.24, 2.45) is 11.8 Å². The quantitative estimate of drug-likeness (QED) is 0.860. The second-order valence-corrected chi connectivity index (χ2v) is 6.58. The number of aromatic nitrogens is 1. The van der Waals surface area contributed by atoms with Crippen LogP contribution in [0.2, 0.25) is 0 Å². The summed E-state index contributed by atoms with van der Waals surface area (Å²) in [5.74, 6) is 1.72. The summed E-state index contributed by atoms with van der Waals surface area (Å²) in [5, 5.41) is 3.74. The Labute approximate surface area is 110 Å². The Balaban J connectivity index is 1.72. The Morgan fingerprint density at radius 3 is 2.50 bits per heavy atom. The minimum Gasteiger partial charge on any atom is -0.313 e. The maximum atomic E-state index is 4.16. The molecule has 1 heterocycles. The van der Waals surface area contributed by atoms with Gasteiger partial charge in [0.15, 0.2) is 0 Å². The molecule has 2 fully saturated rings. The first-order valence-electron chi connectivity index (χ1n) is 7.33. The van der Waals surface area contributed by atoms with Crippen molar-refractivity contribution in [2.45, 2.75) is 51.0 Å². The Morgan fingerprint density at radius 1 is 1.28 bits per heavy atom. The van der Waals surface area contributed by atoms with Crippen molar-refractivity contribution in [2.75, 3.05) is 6.54 Å². The molecule has 2 saturated carbocycles. The second-order valence-electron chi connectivity index (χ2n) is 6.58. The van der Waals surface area contributed by atoms with Crippen molar-refractivity contribution in [1.29, 1.82) is 0 Å². The molecule has 2 nitrogen and oxygen atoms in total. The predicted octanol–water partition coefficient (Wildman–Crippen LogP) is 3.14. The molecule has 0 aromatic carbocycles. The molecular formula is C16H24N2. The van der Waals surface area contributed by atoms with Gasteiger partial charge in [-0.15, -0.1) is 0 Å². The zero-order valence-electron chi connectivity index (χ0n) is 11.5. The molecule has 0 saturated heterocycles. The summed E-state index contributed by atoms with van der Waals surface area (Å²) in [6.07, 6.45) is 9.32. The van der Waals surface area contributed by atoms with E-state index in [1.165, 1.54) is 31.2 Å². The molecule has 0 atom stereocenters. The minimum atomic E-state index is 0.389. The first kappa shape index (κ1) is 12.2. The molecule has 3 rings (SSSR count). The van der Waals surface area contributed by atoms with Gasteiger partial charge in [0.2, 0.25) is 0 Å². The molecule has 0 unspecified atom stereocenters. The lowest BCUT2D eigenvalue weighted by atomic mass is 9.56. The van der Waals surface area contributed by atoms with E-state index in [4.69, 9.17) is 0 Å². The molecule has 0 amide bonds. The van der Waals surface area contributed by atoms with E-state index < -0.39 is 0 Å². The van der Waals surface area contributed by atoms with Gasteiger partial charge >= 0.3 is 0 Å². The maximum absolute atomic E-state index is 4.16. The van der Waals surface area contributed by atoms with Crippen LogP contribution in [0.3, 0.4) is 0 Å². The van der Waals surface area contributed by atoms with E-state index in [1.807, 2.05) is 12.4 Å². The molecule has 2 aliphatic rings. The molecule has 2 heteroatoms. The number of rotatable bonds is 5. The topological polar surface area (TPSA) is 24.9 Å². The first-order chi connectivity index (χ1) is 8.70. The van der Waals surface area contributed by atoms with Crippen LogP contribution in [0.25, 0.3) is 0 Å². The van der Waals surface area contributed by atoms with Crippen molar-refractivity contribution in [3.8, 4) is 0 Å². The van der Waals surface area contributed by atoms with Crippen LogP contribution >= 0.6 is 0 Å². The number of nitrogens with one attached hydrogen (secondary N) is 1. The molecule has 0 bridgehead atoms. The largest absolute Gasteiger partial charge is 0.313 e. The van der Waals surface area contributed by atoms with Gasteiger partial charge in [0.25, 0.3) is 0 Å². The highest BCUT2D eigenvalue weighted by Gasteiger charge is 2.46. The Kier molecular flexibility index (Phi) is 3.14. The molecule has 1 N–H and O–H groups in total. The highest BCUT2D eigenvalue weighted by molar-refractivity contribution is 5.28. The highest BCUT2D eigenvalue weighted by Crippen LogP contribution is 2.50. The van der Waals surface area contributed by atoms with Gasteiger partial charge in [0.05, 0.1) is 0 Å². The van der Waals surface area contributed by atoms with E-state index in [0.29, 0.717) is 5.41 Å². The normalized spacial score (nSPS) is 31.4. The molecule has 1 aromatic rings. The second kappa shape index (κ2) is 4.65. The monoisotopic (exact) mass is 244 g/mol. The molecule has 1 aromatic heterocycles. The van der Waals surface area contributed by atoms with E-state index in [9.17, 15) is 0 Å². The van der Waals surface area contributed by atoms with Crippen LogP contribution in [-0.2, 0) is 5.41 Å². The summed E-state index contributed by atoms with van der Waals surface area (Å²) in [5.41, 5.74) is 1.88. The predicted molar refractivity (Wildman–Crippen MR) is 74.5 cm³/mol. The lowest BCUT2D eigenvalue weighted by Gasteiger charge is -2.50. The smallest absolute Gasteiger partial charge is 0.0270 e. The molecule has 98 valence electrons. The SMILES string of the molecule is CC(C)C1CC(CNC2CC2)(c2ccncc2)C1. The standard InChI is InChI=1S/C16H24N2/c1-12(2)13-9-16(10-13,11-18-15-3-4-15)14-5-7-17-8-6-14/h5-8,12-13,15,18H,3-4,9-11H2,1-2H3. The molecule has 0 aliphatic heterocycles. The fourth-order valence-corrected chi connectivity index (χ4v) is 3.23. The van der Waals surface area contributed by atoms with Gasteiger partial charge in [-0.1, -0.05) is 13.8 Å². The summed E-state index contributed by atoms with van der Waals surface area (Å²) >= 11 is 0. The van der Waals surface area contributed by atoms with Gasteiger partial charge in [0, 0.05) is 30.4 Å². The van der Waals surface area contributed by atoms with Crippen molar-refractivity contribution >= 4 is 0 Å². The van der Waals surface area contributed by atoms with Crippen molar-refractivity contribution in [3.05, 3.63) is 30.1 Å². The van der Waals surface area contributed by atoms with Crippen LogP contribution in [0.15, 0.2) is 24.5 Å². The van der Waals surface area contributed by atoms with E-state index in [-0.39, 0.29) is 0 Å². The van der Waals surface area contributed by atoms with Crippen molar-refractivity contribution in [3.63, 3.8) is 0 Å². The van der Waals surface area contributed by atoms with Crippen molar-refractivity contribution < 1.29 is 0 Å². The Bertz CT molecular complexity index is 383. The first-order valence-corrected chi connectivity index (χ1v) is 7.33. The van der Waals surface area contributed by atoms with E-state index in [0.717, 1.165) is 24.4 Å². The molecule has 2 aliphatic carbocycles. The van der Waals surface area contributed by atoms with Crippen LogP contribution in [0.5, 0.6) is 0 Å². The fourth-order valence-electron chi connectivity index (χ4n) is 3.23. The third-order valence-electron chi connectivity index (χ3n) is 4.85. The van der Waals surface area contributed by atoms with Gasteiger partial charge in [-0.05, 0) is 55.2 Å². The van der Waals surface area contributed by atoms with E-state index in [2.05, 4.69) is 36.3 Å². The van der Waals surface area contributed by atoms with Crippen LogP contribution in [-0.4, -0.2) is 17.6 Å². The third-order valence-corrected chi connectivity index (χ3v) is 4.85. The number of pyridine rings is 1. The summed E-state index contributed by atoms with van der Waals surface area (Å²) in [7, 11) is 0. The minimum absolute atomic E-state index is 0.389. The zero-order chi connectivity index (χ0) is 12.6. The van der Waals surface area contributed by atoms with Gasteiger partial charge in [0.1, 0.15) is 0 Å². The van der Waals surface area contributed by atoms with Crippen LogP contribution < -0.4 is 5.32 Å². The highest BCUT2D eigenvalue weighted by atomic mass is 15.0. The maximum Gasteiger partial charge on any atom is 0.0270 e.